The van der Waals surface area contributed by atoms with E-state index < -0.39 is 0 Å². The molecule has 0 aliphatic carbocycles. The average Bonchev–Trinajstić information content (AvgIpc) is 2.88. The van der Waals surface area contributed by atoms with Crippen LogP contribution in [0.3, 0.4) is 0 Å². The Balaban J connectivity index is 2.10. The highest BCUT2D eigenvalue weighted by atomic mass is 19.1. The zero-order valence-electron chi connectivity index (χ0n) is 13.7. The third kappa shape index (κ3) is 3.76. The number of nitrogens with zero attached hydrogens (tertiary/aromatic N) is 1. The second-order valence-electron chi connectivity index (χ2n) is 6.33. The lowest BCUT2D eigenvalue weighted by atomic mass is 9.81. The molecule has 0 fully saturated rings. The summed E-state index contributed by atoms with van der Waals surface area (Å²) in [6.07, 6.45) is 4.52. The second-order valence-corrected chi connectivity index (χ2v) is 6.33. The largest absolute Gasteiger partial charge is 0.370 e. The van der Waals surface area contributed by atoms with Crippen LogP contribution in [-0.4, -0.2) is 26.2 Å². The summed E-state index contributed by atoms with van der Waals surface area (Å²) in [4.78, 5) is 2.39. The van der Waals surface area contributed by atoms with Crippen molar-refractivity contribution in [1.82, 2.24) is 5.32 Å². The Hall–Kier alpha value is -1.09. The zero-order valence-corrected chi connectivity index (χ0v) is 13.7. The van der Waals surface area contributed by atoms with Gasteiger partial charge in [0.15, 0.2) is 0 Å². The van der Waals surface area contributed by atoms with Gasteiger partial charge in [-0.3, -0.25) is 0 Å². The highest BCUT2D eigenvalue weighted by Crippen LogP contribution is 2.34. The molecule has 1 aromatic carbocycles. The van der Waals surface area contributed by atoms with Crippen molar-refractivity contribution in [2.45, 2.75) is 46.5 Å². The number of hydrogen-bond acceptors (Lipinski definition) is 2. The van der Waals surface area contributed by atoms with Gasteiger partial charge in [0.25, 0.3) is 0 Å². The Kier molecular flexibility index (Phi) is 5.63. The van der Waals surface area contributed by atoms with Crippen LogP contribution in [0, 0.1) is 11.2 Å². The van der Waals surface area contributed by atoms with Crippen LogP contribution in [0.25, 0.3) is 0 Å². The van der Waals surface area contributed by atoms with Crippen molar-refractivity contribution in [2.24, 2.45) is 5.41 Å². The van der Waals surface area contributed by atoms with Gasteiger partial charge in [-0.05, 0) is 55.3 Å². The van der Waals surface area contributed by atoms with Gasteiger partial charge >= 0.3 is 0 Å². The van der Waals surface area contributed by atoms with Gasteiger partial charge in [-0.15, -0.1) is 0 Å². The monoisotopic (exact) mass is 292 g/mol. The fraction of sp³-hybridized carbons (Fsp3) is 0.667. The van der Waals surface area contributed by atoms with Crippen molar-refractivity contribution < 1.29 is 4.39 Å². The van der Waals surface area contributed by atoms with E-state index in [1.165, 1.54) is 12.0 Å². The molecular formula is C18H29FN2. The molecule has 1 aliphatic rings. The van der Waals surface area contributed by atoms with Crippen LogP contribution < -0.4 is 10.2 Å². The molecule has 2 nitrogen and oxygen atoms in total. The second kappa shape index (κ2) is 7.26. The molecule has 0 bridgehead atoms. The quantitative estimate of drug-likeness (QED) is 0.729. The van der Waals surface area contributed by atoms with Crippen molar-refractivity contribution in [2.75, 3.05) is 31.1 Å². The molecule has 21 heavy (non-hydrogen) atoms. The number of benzene rings is 1. The maximum absolute atomic E-state index is 13.5. The summed E-state index contributed by atoms with van der Waals surface area (Å²) in [6.45, 7) is 10.9. The fourth-order valence-corrected chi connectivity index (χ4v) is 3.30. The van der Waals surface area contributed by atoms with Crippen molar-refractivity contribution in [3.05, 3.63) is 29.6 Å². The lowest BCUT2D eigenvalue weighted by molar-refractivity contribution is 0.254. The molecule has 1 N–H and O–H groups in total. The molecule has 2 rings (SSSR count). The van der Waals surface area contributed by atoms with Crippen molar-refractivity contribution in [3.8, 4) is 0 Å². The van der Waals surface area contributed by atoms with Crippen LogP contribution in [-0.2, 0) is 6.42 Å². The van der Waals surface area contributed by atoms with Crippen LogP contribution in [0.5, 0.6) is 0 Å². The summed E-state index contributed by atoms with van der Waals surface area (Å²) in [5, 5.41) is 3.59. The van der Waals surface area contributed by atoms with E-state index in [1.54, 1.807) is 12.1 Å². The molecule has 1 aromatic rings. The number of fused-ring (bicyclic) bond motifs is 1. The van der Waals surface area contributed by atoms with Gasteiger partial charge in [0, 0.05) is 25.3 Å². The maximum atomic E-state index is 13.5. The summed E-state index contributed by atoms with van der Waals surface area (Å²) in [7, 11) is 0. The van der Waals surface area contributed by atoms with E-state index in [-0.39, 0.29) is 11.2 Å². The molecule has 0 saturated carbocycles. The molecule has 0 radical (unpaired) electrons. The van der Waals surface area contributed by atoms with Gasteiger partial charge in [0.05, 0.1) is 0 Å². The number of rotatable bonds is 8. The molecule has 0 aromatic heterocycles. The summed E-state index contributed by atoms with van der Waals surface area (Å²) in [5.74, 6) is -0.122. The van der Waals surface area contributed by atoms with Crippen molar-refractivity contribution in [1.29, 1.82) is 0 Å². The first-order valence-corrected chi connectivity index (χ1v) is 8.38. The predicted octanol–water partition coefficient (Wildman–Crippen LogP) is 3.99. The number of anilines is 1. The lowest BCUT2D eigenvalue weighted by Crippen LogP contribution is -2.43. The molecule has 1 aliphatic heterocycles. The number of nitrogens with one attached hydrogen (secondary N) is 1. The molecule has 0 amide bonds. The summed E-state index contributed by atoms with van der Waals surface area (Å²) < 4.78 is 13.5. The van der Waals surface area contributed by atoms with Crippen LogP contribution in [0.15, 0.2) is 18.2 Å². The van der Waals surface area contributed by atoms with E-state index in [9.17, 15) is 4.39 Å². The van der Waals surface area contributed by atoms with E-state index in [4.69, 9.17) is 0 Å². The molecule has 0 atom stereocenters. The first-order valence-electron chi connectivity index (χ1n) is 8.38. The van der Waals surface area contributed by atoms with Gasteiger partial charge in [-0.25, -0.2) is 4.39 Å². The third-order valence-electron chi connectivity index (χ3n) is 4.99. The van der Waals surface area contributed by atoms with Gasteiger partial charge in [-0.2, -0.15) is 0 Å². The first kappa shape index (κ1) is 16.3. The molecule has 0 saturated heterocycles. The van der Waals surface area contributed by atoms with Crippen molar-refractivity contribution in [3.63, 3.8) is 0 Å². The van der Waals surface area contributed by atoms with Crippen LogP contribution in [0.1, 0.15) is 45.6 Å². The zero-order chi connectivity index (χ0) is 15.3. The Bertz CT molecular complexity index is 455. The highest BCUT2D eigenvalue weighted by Gasteiger charge is 2.31. The molecule has 1 heterocycles. The van der Waals surface area contributed by atoms with Crippen LogP contribution in [0.4, 0.5) is 10.1 Å². The minimum Gasteiger partial charge on any atom is -0.370 e. The highest BCUT2D eigenvalue weighted by molar-refractivity contribution is 5.58. The predicted molar refractivity (Wildman–Crippen MR) is 88.5 cm³/mol. The normalized spacial score (nSPS) is 14.6. The maximum Gasteiger partial charge on any atom is 0.125 e. The Morgan fingerprint density at radius 1 is 1.24 bits per heavy atom. The van der Waals surface area contributed by atoms with E-state index in [1.807, 2.05) is 6.07 Å². The molecule has 3 heteroatoms. The molecular weight excluding hydrogens is 263 g/mol. The number of hydrogen-bond donors (Lipinski definition) is 1. The number of halogens is 1. The van der Waals surface area contributed by atoms with Crippen LogP contribution in [0.2, 0.25) is 0 Å². The van der Waals surface area contributed by atoms with E-state index >= 15 is 0 Å². The topological polar surface area (TPSA) is 15.3 Å². The molecule has 0 unspecified atom stereocenters. The van der Waals surface area contributed by atoms with Gasteiger partial charge in [0.2, 0.25) is 0 Å². The van der Waals surface area contributed by atoms with E-state index in [0.717, 1.165) is 51.1 Å². The average molecular weight is 292 g/mol. The van der Waals surface area contributed by atoms with Gasteiger partial charge < -0.3 is 10.2 Å². The van der Waals surface area contributed by atoms with Crippen molar-refractivity contribution >= 4 is 5.69 Å². The fourth-order valence-electron chi connectivity index (χ4n) is 3.30. The summed E-state index contributed by atoms with van der Waals surface area (Å²) in [5.41, 5.74) is 2.68. The lowest BCUT2D eigenvalue weighted by Gasteiger charge is -2.37. The minimum absolute atomic E-state index is 0.122. The summed E-state index contributed by atoms with van der Waals surface area (Å²) >= 11 is 0. The SMILES string of the molecule is CCCNCC(CC)(CC)CN1CCc2ccc(F)cc21. The Morgan fingerprint density at radius 2 is 2.00 bits per heavy atom. The van der Waals surface area contributed by atoms with Gasteiger partial charge in [0.1, 0.15) is 5.82 Å². The van der Waals surface area contributed by atoms with E-state index in [2.05, 4.69) is 31.0 Å². The van der Waals surface area contributed by atoms with Gasteiger partial charge in [-0.1, -0.05) is 26.8 Å². The smallest absolute Gasteiger partial charge is 0.125 e. The van der Waals surface area contributed by atoms with Crippen LogP contribution >= 0.6 is 0 Å². The Morgan fingerprint density at radius 3 is 2.67 bits per heavy atom. The third-order valence-corrected chi connectivity index (χ3v) is 4.99. The molecule has 118 valence electrons. The standard InChI is InChI=1S/C18H29FN2/c1-4-10-20-13-18(5-2,6-3)14-21-11-9-15-7-8-16(19)12-17(15)21/h7-8,12,20H,4-6,9-11,13-14H2,1-3H3. The summed E-state index contributed by atoms with van der Waals surface area (Å²) in [6, 6.07) is 5.23. The minimum atomic E-state index is -0.122. The van der Waals surface area contributed by atoms with E-state index in [0.29, 0.717) is 0 Å². The first-order chi connectivity index (χ1) is 10.1. The Labute approximate surface area is 128 Å². The molecule has 0 spiro atoms.